The maximum atomic E-state index is 12.3. The van der Waals surface area contributed by atoms with E-state index >= 15 is 0 Å². The highest BCUT2D eigenvalue weighted by Gasteiger charge is 2.18. The molecule has 0 radical (unpaired) electrons. The number of H-pyrrole nitrogens is 1. The number of thiophene rings is 1. The van der Waals surface area contributed by atoms with Crippen LogP contribution in [0.5, 0.6) is 0 Å². The zero-order valence-electron chi connectivity index (χ0n) is 12.3. The van der Waals surface area contributed by atoms with Crippen LogP contribution in [0.4, 0.5) is 0 Å². The Kier molecular flexibility index (Phi) is 3.77. The van der Waals surface area contributed by atoms with E-state index in [4.69, 9.17) is 0 Å². The number of hydrogen-bond acceptors (Lipinski definition) is 4. The SMILES string of the molecule is CNC(=O)c1sc2nc(Cc3ccccc3)[nH]c(=O)c2c1C. The van der Waals surface area contributed by atoms with Crippen LogP contribution in [0.1, 0.15) is 26.6 Å². The van der Waals surface area contributed by atoms with Gasteiger partial charge >= 0.3 is 0 Å². The lowest BCUT2D eigenvalue weighted by molar-refractivity contribution is 0.0966. The van der Waals surface area contributed by atoms with Gasteiger partial charge in [-0.15, -0.1) is 11.3 Å². The number of amides is 1. The largest absolute Gasteiger partial charge is 0.354 e. The molecule has 0 spiro atoms. The van der Waals surface area contributed by atoms with E-state index in [-0.39, 0.29) is 11.5 Å². The molecule has 3 aromatic rings. The Morgan fingerprint density at radius 1 is 1.32 bits per heavy atom. The molecule has 0 bridgehead atoms. The number of carbonyl (C=O) groups excluding carboxylic acids is 1. The second kappa shape index (κ2) is 5.73. The van der Waals surface area contributed by atoms with E-state index in [0.717, 1.165) is 5.56 Å². The van der Waals surface area contributed by atoms with Gasteiger partial charge in [-0.2, -0.15) is 0 Å². The van der Waals surface area contributed by atoms with E-state index < -0.39 is 0 Å². The van der Waals surface area contributed by atoms with E-state index in [1.54, 1.807) is 14.0 Å². The Hall–Kier alpha value is -2.47. The van der Waals surface area contributed by atoms with Gasteiger partial charge in [-0.1, -0.05) is 30.3 Å². The number of aromatic nitrogens is 2. The van der Waals surface area contributed by atoms with Crippen molar-refractivity contribution in [3.05, 3.63) is 62.5 Å². The fraction of sp³-hybridized carbons (Fsp3) is 0.188. The molecule has 0 aliphatic heterocycles. The van der Waals surface area contributed by atoms with Crippen LogP contribution in [-0.2, 0) is 6.42 Å². The maximum absolute atomic E-state index is 12.3. The van der Waals surface area contributed by atoms with Gasteiger partial charge in [0.15, 0.2) is 0 Å². The van der Waals surface area contributed by atoms with E-state index in [1.165, 1.54) is 11.3 Å². The van der Waals surface area contributed by atoms with Crippen molar-refractivity contribution in [2.75, 3.05) is 7.05 Å². The smallest absolute Gasteiger partial charge is 0.261 e. The van der Waals surface area contributed by atoms with Gasteiger partial charge < -0.3 is 10.3 Å². The van der Waals surface area contributed by atoms with Crippen LogP contribution < -0.4 is 10.9 Å². The zero-order valence-corrected chi connectivity index (χ0v) is 13.1. The predicted molar refractivity (Wildman–Crippen MR) is 87.6 cm³/mol. The highest BCUT2D eigenvalue weighted by atomic mass is 32.1. The van der Waals surface area contributed by atoms with Gasteiger partial charge in [0.1, 0.15) is 10.7 Å². The van der Waals surface area contributed by atoms with Crippen LogP contribution >= 0.6 is 11.3 Å². The van der Waals surface area contributed by atoms with Crippen LogP contribution in [0.15, 0.2) is 35.1 Å². The minimum Gasteiger partial charge on any atom is -0.354 e. The van der Waals surface area contributed by atoms with Crippen LogP contribution in [0, 0.1) is 6.92 Å². The average molecular weight is 313 g/mol. The number of nitrogens with zero attached hydrogens (tertiary/aromatic N) is 1. The molecule has 0 saturated heterocycles. The number of nitrogens with one attached hydrogen (secondary N) is 2. The summed E-state index contributed by atoms with van der Waals surface area (Å²) in [6.45, 7) is 1.77. The van der Waals surface area contributed by atoms with Gasteiger partial charge in [0, 0.05) is 13.5 Å². The van der Waals surface area contributed by atoms with Crippen molar-refractivity contribution in [2.45, 2.75) is 13.3 Å². The lowest BCUT2D eigenvalue weighted by Gasteiger charge is -2.01. The van der Waals surface area contributed by atoms with Crippen molar-refractivity contribution in [1.29, 1.82) is 0 Å². The summed E-state index contributed by atoms with van der Waals surface area (Å²) in [6, 6.07) is 9.82. The first-order chi connectivity index (χ1) is 10.6. The molecule has 2 heterocycles. The van der Waals surface area contributed by atoms with Crippen molar-refractivity contribution in [2.24, 2.45) is 0 Å². The average Bonchev–Trinajstić information content (AvgIpc) is 2.85. The van der Waals surface area contributed by atoms with Gasteiger partial charge in [0.2, 0.25) is 0 Å². The summed E-state index contributed by atoms with van der Waals surface area (Å²) in [7, 11) is 1.57. The molecule has 0 saturated carbocycles. The Morgan fingerprint density at radius 2 is 2.05 bits per heavy atom. The topological polar surface area (TPSA) is 74.8 Å². The van der Waals surface area contributed by atoms with Crippen molar-refractivity contribution in [3.63, 3.8) is 0 Å². The standard InChI is InChI=1S/C16H15N3O2S/c1-9-12-14(20)18-11(8-10-6-4-3-5-7-10)19-16(12)22-13(9)15(21)17-2/h3-7H,8H2,1-2H3,(H,17,21)(H,18,19,20). The second-order valence-corrected chi connectivity index (χ2v) is 5.99. The normalized spacial score (nSPS) is 10.8. The Labute approximate surface area is 131 Å². The van der Waals surface area contributed by atoms with E-state index in [2.05, 4.69) is 15.3 Å². The number of rotatable bonds is 3. The Balaban J connectivity index is 2.09. The molecule has 1 aromatic carbocycles. The first kappa shape index (κ1) is 14.5. The molecule has 3 rings (SSSR count). The van der Waals surface area contributed by atoms with Crippen LogP contribution in [0.25, 0.3) is 10.2 Å². The lowest BCUT2D eigenvalue weighted by atomic mass is 10.1. The first-order valence-electron chi connectivity index (χ1n) is 6.88. The molecule has 0 atom stereocenters. The van der Waals surface area contributed by atoms with Crippen LogP contribution in [0.3, 0.4) is 0 Å². The minimum absolute atomic E-state index is 0.190. The number of benzene rings is 1. The molecular weight excluding hydrogens is 298 g/mol. The van der Waals surface area contributed by atoms with Gasteiger partial charge in [0.05, 0.1) is 10.3 Å². The van der Waals surface area contributed by atoms with Gasteiger partial charge in [-0.3, -0.25) is 9.59 Å². The summed E-state index contributed by atoms with van der Waals surface area (Å²) in [6.07, 6.45) is 0.554. The lowest BCUT2D eigenvalue weighted by Crippen LogP contribution is -2.17. The molecule has 22 heavy (non-hydrogen) atoms. The molecule has 0 fully saturated rings. The third-order valence-corrected chi connectivity index (χ3v) is 4.68. The summed E-state index contributed by atoms with van der Waals surface area (Å²) < 4.78 is 0. The summed E-state index contributed by atoms with van der Waals surface area (Å²) >= 11 is 1.25. The van der Waals surface area contributed by atoms with Crippen LogP contribution in [0.2, 0.25) is 0 Å². The molecule has 0 unspecified atom stereocenters. The predicted octanol–water partition coefficient (Wildman–Crippen LogP) is 2.24. The van der Waals surface area contributed by atoms with Crippen LogP contribution in [-0.4, -0.2) is 22.9 Å². The number of fused-ring (bicyclic) bond motifs is 1. The first-order valence-corrected chi connectivity index (χ1v) is 7.70. The van der Waals surface area contributed by atoms with E-state index in [9.17, 15) is 9.59 Å². The minimum atomic E-state index is -0.195. The Morgan fingerprint density at radius 3 is 2.73 bits per heavy atom. The van der Waals surface area contributed by atoms with Crippen molar-refractivity contribution in [1.82, 2.24) is 15.3 Å². The van der Waals surface area contributed by atoms with Crippen molar-refractivity contribution >= 4 is 27.5 Å². The molecule has 2 N–H and O–H groups in total. The molecule has 1 amide bonds. The quantitative estimate of drug-likeness (QED) is 0.779. The number of carbonyl (C=O) groups is 1. The van der Waals surface area contributed by atoms with E-state index in [1.807, 2.05) is 30.3 Å². The number of hydrogen-bond donors (Lipinski definition) is 2. The number of aryl methyl sites for hydroxylation is 1. The summed E-state index contributed by atoms with van der Waals surface area (Å²) in [5.74, 6) is 0.415. The molecular formula is C16H15N3O2S. The molecule has 0 aliphatic rings. The fourth-order valence-electron chi connectivity index (χ4n) is 2.39. The van der Waals surface area contributed by atoms with Crippen molar-refractivity contribution in [3.8, 4) is 0 Å². The summed E-state index contributed by atoms with van der Waals surface area (Å²) in [5, 5.41) is 3.09. The highest BCUT2D eigenvalue weighted by Crippen LogP contribution is 2.27. The number of aromatic amines is 1. The molecule has 5 nitrogen and oxygen atoms in total. The third-order valence-electron chi connectivity index (χ3n) is 3.50. The van der Waals surface area contributed by atoms with Gasteiger partial charge in [-0.05, 0) is 18.1 Å². The van der Waals surface area contributed by atoms with Gasteiger partial charge in [0.25, 0.3) is 11.5 Å². The maximum Gasteiger partial charge on any atom is 0.261 e. The zero-order chi connectivity index (χ0) is 15.7. The molecule has 0 aliphatic carbocycles. The Bertz CT molecular complexity index is 897. The molecule has 112 valence electrons. The van der Waals surface area contributed by atoms with Gasteiger partial charge in [-0.25, -0.2) is 4.98 Å². The second-order valence-electron chi connectivity index (χ2n) is 4.99. The van der Waals surface area contributed by atoms with E-state index in [0.29, 0.717) is 32.9 Å². The molecule has 2 aromatic heterocycles. The highest BCUT2D eigenvalue weighted by molar-refractivity contribution is 7.20. The summed E-state index contributed by atoms with van der Waals surface area (Å²) in [5.41, 5.74) is 1.56. The molecule has 6 heteroatoms. The fourth-order valence-corrected chi connectivity index (χ4v) is 3.54. The monoisotopic (exact) mass is 313 g/mol. The van der Waals surface area contributed by atoms with Crippen molar-refractivity contribution < 1.29 is 4.79 Å². The third kappa shape index (κ3) is 2.53. The summed E-state index contributed by atoms with van der Waals surface area (Å²) in [4.78, 5) is 32.6.